The van der Waals surface area contributed by atoms with Crippen molar-refractivity contribution in [3.8, 4) is 0 Å². The van der Waals surface area contributed by atoms with E-state index in [0.29, 0.717) is 17.1 Å². The average Bonchev–Trinajstić information content (AvgIpc) is 3.13. The first-order valence-corrected chi connectivity index (χ1v) is 9.70. The Bertz CT molecular complexity index is 748. The van der Waals surface area contributed by atoms with Gasteiger partial charge in [0.05, 0.1) is 5.69 Å². The molecule has 2 amide bonds. The molecule has 0 radical (unpaired) electrons. The zero-order chi connectivity index (χ0) is 18.0. The lowest BCUT2D eigenvalue weighted by molar-refractivity contribution is 0.261. The fourth-order valence-corrected chi connectivity index (χ4v) is 3.52. The molecule has 1 fully saturated rings. The largest absolute Gasteiger partial charge is 0.325 e. The molecule has 5 nitrogen and oxygen atoms in total. The Hall–Kier alpha value is -1.63. The van der Waals surface area contributed by atoms with Crippen LogP contribution in [0.1, 0.15) is 37.4 Å². The summed E-state index contributed by atoms with van der Waals surface area (Å²) < 4.78 is 0. The van der Waals surface area contributed by atoms with Crippen LogP contribution < -0.4 is 10.6 Å². The average molecular weight is 379 g/mol. The summed E-state index contributed by atoms with van der Waals surface area (Å²) >= 11 is 7.53. The molecule has 25 heavy (non-hydrogen) atoms. The van der Waals surface area contributed by atoms with Crippen molar-refractivity contribution in [1.29, 1.82) is 0 Å². The molecule has 1 aromatic carbocycles. The minimum absolute atomic E-state index is 0.224. The van der Waals surface area contributed by atoms with Gasteiger partial charge in [0.2, 0.25) is 0 Å². The van der Waals surface area contributed by atoms with Crippen LogP contribution in [0.4, 0.5) is 15.6 Å². The van der Waals surface area contributed by atoms with Crippen molar-refractivity contribution < 1.29 is 4.79 Å². The number of nitrogens with zero attached hydrogens (tertiary/aromatic N) is 2. The second kappa shape index (κ2) is 7.72. The van der Waals surface area contributed by atoms with Crippen LogP contribution in [0, 0.1) is 0 Å². The summed E-state index contributed by atoms with van der Waals surface area (Å²) in [6.07, 6.45) is 1.00. The van der Waals surface area contributed by atoms with Gasteiger partial charge in [0.1, 0.15) is 0 Å². The number of rotatable bonds is 6. The number of nitrogens with one attached hydrogen (secondary N) is 2. The van der Waals surface area contributed by atoms with Crippen LogP contribution in [0.15, 0.2) is 29.6 Å². The summed E-state index contributed by atoms with van der Waals surface area (Å²) in [5.41, 5.74) is 2.90. The number of anilines is 2. The number of urea groups is 1. The van der Waals surface area contributed by atoms with Gasteiger partial charge in [-0.05, 0) is 45.0 Å². The first kappa shape index (κ1) is 18.2. The monoisotopic (exact) mass is 378 g/mol. The van der Waals surface area contributed by atoms with Crippen molar-refractivity contribution >= 4 is 39.8 Å². The zero-order valence-corrected chi connectivity index (χ0v) is 16.2. The van der Waals surface area contributed by atoms with Gasteiger partial charge in [0.15, 0.2) is 5.13 Å². The SMILES string of the molecule is CC(C)N(C)Cc1csc(NC(=O)Nc2cccc(C3CC3Cl)c2)n1. The summed E-state index contributed by atoms with van der Waals surface area (Å²) in [4.78, 5) is 18.9. The van der Waals surface area contributed by atoms with E-state index in [2.05, 4.69) is 47.5 Å². The zero-order valence-electron chi connectivity index (χ0n) is 14.6. The number of carbonyl (C=O) groups is 1. The fraction of sp³-hybridized carbons (Fsp3) is 0.444. The van der Waals surface area contributed by atoms with Crippen LogP contribution in [0.3, 0.4) is 0 Å². The van der Waals surface area contributed by atoms with Crippen molar-refractivity contribution in [3.05, 3.63) is 40.9 Å². The van der Waals surface area contributed by atoms with Gasteiger partial charge in [-0.3, -0.25) is 10.2 Å². The molecule has 0 aliphatic heterocycles. The van der Waals surface area contributed by atoms with E-state index in [1.54, 1.807) is 0 Å². The molecule has 2 N–H and O–H groups in total. The van der Waals surface area contributed by atoms with Gasteiger partial charge >= 0.3 is 6.03 Å². The third kappa shape index (κ3) is 4.93. The standard InChI is InChI=1S/C18H23ClN4OS/c1-11(2)23(3)9-14-10-25-18(21-14)22-17(24)20-13-6-4-5-12(7-13)15-8-16(15)19/h4-7,10-11,15-16H,8-9H2,1-3H3,(H2,20,21,22,24). The maximum atomic E-state index is 12.2. The molecule has 1 aliphatic carbocycles. The molecule has 0 bridgehead atoms. The minimum Gasteiger partial charge on any atom is -0.308 e. The van der Waals surface area contributed by atoms with Crippen molar-refractivity contribution in [2.24, 2.45) is 0 Å². The van der Waals surface area contributed by atoms with E-state index >= 15 is 0 Å². The van der Waals surface area contributed by atoms with Crippen LogP contribution in [-0.2, 0) is 6.54 Å². The van der Waals surface area contributed by atoms with Gasteiger partial charge in [-0.1, -0.05) is 12.1 Å². The molecule has 1 aliphatic rings. The number of hydrogen-bond donors (Lipinski definition) is 2. The highest BCUT2D eigenvalue weighted by Crippen LogP contribution is 2.45. The normalized spacial score (nSPS) is 19.3. The molecule has 1 heterocycles. The lowest BCUT2D eigenvalue weighted by atomic mass is 10.1. The van der Waals surface area contributed by atoms with E-state index in [9.17, 15) is 4.79 Å². The molecule has 2 atom stereocenters. The van der Waals surface area contributed by atoms with Crippen molar-refractivity contribution in [2.75, 3.05) is 17.7 Å². The lowest BCUT2D eigenvalue weighted by Gasteiger charge is -2.19. The Morgan fingerprint density at radius 1 is 1.44 bits per heavy atom. The maximum absolute atomic E-state index is 12.2. The van der Waals surface area contributed by atoms with Gasteiger partial charge in [-0.15, -0.1) is 22.9 Å². The molecule has 0 spiro atoms. The third-order valence-corrected chi connectivity index (χ3v) is 5.64. The molecular weight excluding hydrogens is 356 g/mol. The molecule has 0 saturated heterocycles. The van der Waals surface area contributed by atoms with Gasteiger partial charge in [-0.2, -0.15) is 0 Å². The Balaban J connectivity index is 1.55. The van der Waals surface area contributed by atoms with Gasteiger partial charge < -0.3 is 5.32 Å². The maximum Gasteiger partial charge on any atom is 0.325 e. The van der Waals surface area contributed by atoms with Crippen LogP contribution in [0.25, 0.3) is 0 Å². The predicted octanol–water partition coefficient (Wildman–Crippen LogP) is 4.72. The summed E-state index contributed by atoms with van der Waals surface area (Å²) in [6.45, 7) is 5.04. The number of halogens is 1. The highest BCUT2D eigenvalue weighted by molar-refractivity contribution is 7.13. The number of alkyl halides is 1. The fourth-order valence-electron chi connectivity index (χ4n) is 2.49. The quantitative estimate of drug-likeness (QED) is 0.715. The van der Waals surface area contributed by atoms with E-state index < -0.39 is 0 Å². The number of thiazole rings is 1. The summed E-state index contributed by atoms with van der Waals surface area (Å²) in [7, 11) is 2.06. The topological polar surface area (TPSA) is 57.3 Å². The Labute approximate surface area is 157 Å². The Kier molecular flexibility index (Phi) is 5.61. The number of aromatic nitrogens is 1. The van der Waals surface area contributed by atoms with Crippen LogP contribution >= 0.6 is 22.9 Å². The Morgan fingerprint density at radius 2 is 2.20 bits per heavy atom. The van der Waals surface area contributed by atoms with Gasteiger partial charge in [0, 0.05) is 34.9 Å². The molecule has 7 heteroatoms. The molecule has 2 aromatic rings. The minimum atomic E-state index is -0.284. The molecule has 1 saturated carbocycles. The predicted molar refractivity (Wildman–Crippen MR) is 105 cm³/mol. The summed E-state index contributed by atoms with van der Waals surface area (Å²) in [5, 5.41) is 8.46. The van der Waals surface area contributed by atoms with Crippen molar-refractivity contribution in [3.63, 3.8) is 0 Å². The molecule has 1 aromatic heterocycles. The Morgan fingerprint density at radius 3 is 2.88 bits per heavy atom. The van der Waals surface area contributed by atoms with Gasteiger partial charge in [-0.25, -0.2) is 9.78 Å². The second-order valence-corrected chi connectivity index (χ2v) is 8.13. The number of hydrogen-bond acceptors (Lipinski definition) is 4. The van der Waals surface area contributed by atoms with E-state index in [4.69, 9.17) is 11.6 Å². The molecule has 134 valence electrons. The number of benzene rings is 1. The summed E-state index contributed by atoms with van der Waals surface area (Å²) in [5.74, 6) is 0.408. The van der Waals surface area contributed by atoms with E-state index in [-0.39, 0.29) is 11.4 Å². The van der Waals surface area contributed by atoms with E-state index in [1.807, 2.05) is 23.6 Å². The summed E-state index contributed by atoms with van der Waals surface area (Å²) in [6, 6.07) is 8.02. The van der Waals surface area contributed by atoms with Crippen LogP contribution in [-0.4, -0.2) is 34.4 Å². The number of amides is 2. The second-order valence-electron chi connectivity index (χ2n) is 6.72. The van der Waals surface area contributed by atoms with Crippen molar-refractivity contribution in [1.82, 2.24) is 9.88 Å². The van der Waals surface area contributed by atoms with Crippen LogP contribution in [0.2, 0.25) is 0 Å². The lowest BCUT2D eigenvalue weighted by Crippen LogP contribution is -2.25. The van der Waals surface area contributed by atoms with Crippen LogP contribution in [0.5, 0.6) is 0 Å². The first-order chi connectivity index (χ1) is 11.9. The third-order valence-electron chi connectivity index (χ3n) is 4.35. The highest BCUT2D eigenvalue weighted by Gasteiger charge is 2.36. The number of carbonyl (C=O) groups excluding carboxylic acids is 1. The van der Waals surface area contributed by atoms with E-state index in [1.165, 1.54) is 16.9 Å². The van der Waals surface area contributed by atoms with E-state index in [0.717, 1.165) is 24.3 Å². The first-order valence-electron chi connectivity index (χ1n) is 8.39. The van der Waals surface area contributed by atoms with Crippen molar-refractivity contribution in [2.45, 2.75) is 44.1 Å². The molecular formula is C18H23ClN4OS. The smallest absolute Gasteiger partial charge is 0.308 e. The molecule has 3 rings (SSSR count). The van der Waals surface area contributed by atoms with Gasteiger partial charge in [0.25, 0.3) is 0 Å². The highest BCUT2D eigenvalue weighted by atomic mass is 35.5. The molecule has 2 unspecified atom stereocenters.